The number of halogens is 3. The number of benzene rings is 1. The van der Waals surface area contributed by atoms with Gasteiger partial charge >= 0.3 is 6.18 Å². The standard InChI is InChI=1S/C19H23F3N4O2S/c1-13(19(20,21)22)16-12-17(26-10-8-23-9-11-26)24-14(2)18(16)25-29(27,28)15-6-4-3-5-7-15/h3-7,12-13,23,25H,8-11H2,1-2H3/t13-/m0/s1. The van der Waals surface area contributed by atoms with Gasteiger partial charge in [0.05, 0.1) is 22.2 Å². The van der Waals surface area contributed by atoms with Gasteiger partial charge in [0.15, 0.2) is 0 Å². The third kappa shape index (κ3) is 4.81. The van der Waals surface area contributed by atoms with Crippen LogP contribution in [0.15, 0.2) is 41.3 Å². The molecule has 1 aliphatic heterocycles. The van der Waals surface area contributed by atoms with Crippen molar-refractivity contribution in [2.24, 2.45) is 0 Å². The Morgan fingerprint density at radius 2 is 1.79 bits per heavy atom. The summed E-state index contributed by atoms with van der Waals surface area (Å²) in [5.74, 6) is -1.45. The van der Waals surface area contributed by atoms with Crippen molar-refractivity contribution in [1.29, 1.82) is 0 Å². The molecule has 1 aromatic heterocycles. The van der Waals surface area contributed by atoms with Gasteiger partial charge in [0.2, 0.25) is 0 Å². The normalized spacial score (nSPS) is 16.5. The number of alkyl halides is 3. The zero-order valence-electron chi connectivity index (χ0n) is 16.1. The van der Waals surface area contributed by atoms with Crippen molar-refractivity contribution in [3.05, 3.63) is 47.7 Å². The van der Waals surface area contributed by atoms with Crippen LogP contribution in [-0.2, 0) is 10.0 Å². The second-order valence-corrected chi connectivity index (χ2v) is 8.63. The van der Waals surface area contributed by atoms with Crippen LogP contribution in [0.3, 0.4) is 0 Å². The molecule has 1 aromatic carbocycles. The number of hydrogen-bond donors (Lipinski definition) is 2. The summed E-state index contributed by atoms with van der Waals surface area (Å²) < 4.78 is 68.5. The van der Waals surface area contributed by atoms with Crippen molar-refractivity contribution >= 4 is 21.5 Å². The minimum absolute atomic E-state index is 0.0313. The molecule has 0 radical (unpaired) electrons. The van der Waals surface area contributed by atoms with Crippen LogP contribution in [0.4, 0.5) is 24.7 Å². The lowest BCUT2D eigenvalue weighted by molar-refractivity contribution is -0.146. The highest BCUT2D eigenvalue weighted by Gasteiger charge is 2.39. The fraction of sp³-hybridized carbons (Fsp3) is 0.421. The fourth-order valence-electron chi connectivity index (χ4n) is 3.18. The highest BCUT2D eigenvalue weighted by Crippen LogP contribution is 2.40. The Bertz CT molecular complexity index is 959. The molecule has 2 heterocycles. The van der Waals surface area contributed by atoms with E-state index in [9.17, 15) is 21.6 Å². The monoisotopic (exact) mass is 428 g/mol. The Morgan fingerprint density at radius 3 is 2.38 bits per heavy atom. The van der Waals surface area contributed by atoms with Gasteiger partial charge in [-0.1, -0.05) is 18.2 Å². The van der Waals surface area contributed by atoms with Crippen LogP contribution < -0.4 is 14.9 Å². The number of nitrogens with one attached hydrogen (secondary N) is 2. The van der Waals surface area contributed by atoms with E-state index in [1.165, 1.54) is 25.1 Å². The second-order valence-electron chi connectivity index (χ2n) is 6.95. The molecule has 0 saturated carbocycles. The smallest absolute Gasteiger partial charge is 0.354 e. The Hall–Kier alpha value is -2.33. The molecule has 158 valence electrons. The van der Waals surface area contributed by atoms with E-state index >= 15 is 0 Å². The topological polar surface area (TPSA) is 74.3 Å². The Kier molecular flexibility index (Phi) is 6.04. The van der Waals surface area contributed by atoms with Crippen LogP contribution in [0.2, 0.25) is 0 Å². The van der Waals surface area contributed by atoms with Gasteiger partial charge in [-0.05, 0) is 37.6 Å². The first-order chi connectivity index (χ1) is 13.6. The van der Waals surface area contributed by atoms with Crippen LogP contribution in [0.1, 0.15) is 24.1 Å². The maximum absolute atomic E-state index is 13.6. The first-order valence-corrected chi connectivity index (χ1v) is 10.7. The molecule has 2 N–H and O–H groups in total. The molecule has 10 heteroatoms. The Labute approximate surface area is 168 Å². The van der Waals surface area contributed by atoms with Gasteiger partial charge in [-0.3, -0.25) is 4.72 Å². The molecule has 1 saturated heterocycles. The number of aryl methyl sites for hydroxylation is 1. The quantitative estimate of drug-likeness (QED) is 0.765. The first-order valence-electron chi connectivity index (χ1n) is 9.21. The molecule has 1 atom stereocenters. The molecule has 2 aromatic rings. The lowest BCUT2D eigenvalue weighted by Gasteiger charge is -2.30. The number of pyridine rings is 1. The van der Waals surface area contributed by atoms with Gasteiger partial charge in [0, 0.05) is 26.2 Å². The summed E-state index contributed by atoms with van der Waals surface area (Å²) in [5, 5.41) is 3.18. The van der Waals surface area contributed by atoms with Gasteiger partial charge in [-0.15, -0.1) is 0 Å². The van der Waals surface area contributed by atoms with E-state index in [-0.39, 0.29) is 21.8 Å². The van der Waals surface area contributed by atoms with Gasteiger partial charge in [-0.25, -0.2) is 13.4 Å². The minimum Gasteiger partial charge on any atom is -0.354 e. The molecule has 0 aliphatic carbocycles. The van der Waals surface area contributed by atoms with E-state index in [1.807, 2.05) is 4.90 Å². The molecule has 29 heavy (non-hydrogen) atoms. The number of nitrogens with zero attached hydrogens (tertiary/aromatic N) is 2. The average molecular weight is 428 g/mol. The second kappa shape index (κ2) is 8.19. The molecule has 1 fully saturated rings. The zero-order chi connectivity index (χ0) is 21.2. The number of sulfonamides is 1. The van der Waals surface area contributed by atoms with E-state index < -0.39 is 22.1 Å². The molecule has 0 spiro atoms. The summed E-state index contributed by atoms with van der Waals surface area (Å²) in [4.78, 5) is 6.27. The van der Waals surface area contributed by atoms with Crippen molar-refractivity contribution in [2.75, 3.05) is 35.8 Å². The van der Waals surface area contributed by atoms with Crippen LogP contribution >= 0.6 is 0 Å². The van der Waals surface area contributed by atoms with Crippen molar-refractivity contribution in [3.63, 3.8) is 0 Å². The molecule has 0 bridgehead atoms. The molecule has 0 unspecified atom stereocenters. The summed E-state index contributed by atoms with van der Waals surface area (Å²) >= 11 is 0. The van der Waals surface area contributed by atoms with E-state index in [0.717, 1.165) is 6.92 Å². The summed E-state index contributed by atoms with van der Waals surface area (Å²) in [7, 11) is -4.06. The molecule has 6 nitrogen and oxygen atoms in total. The third-order valence-corrected chi connectivity index (χ3v) is 6.27. The van der Waals surface area contributed by atoms with Crippen molar-refractivity contribution in [1.82, 2.24) is 10.3 Å². The Balaban J connectivity index is 2.07. The van der Waals surface area contributed by atoms with Gasteiger partial charge in [-0.2, -0.15) is 13.2 Å². The molecular formula is C19H23F3N4O2S. The number of hydrogen-bond acceptors (Lipinski definition) is 5. The van der Waals surface area contributed by atoms with Crippen molar-refractivity contribution in [2.45, 2.75) is 30.8 Å². The molecule has 0 amide bonds. The van der Waals surface area contributed by atoms with Gasteiger partial charge in [0.25, 0.3) is 10.0 Å². The highest BCUT2D eigenvalue weighted by molar-refractivity contribution is 7.92. The first kappa shape index (κ1) is 21.4. The lowest BCUT2D eigenvalue weighted by Crippen LogP contribution is -2.44. The fourth-order valence-corrected chi connectivity index (χ4v) is 4.35. The minimum atomic E-state index is -4.53. The average Bonchev–Trinajstić information content (AvgIpc) is 2.69. The number of rotatable bonds is 5. The van der Waals surface area contributed by atoms with Crippen LogP contribution in [-0.4, -0.2) is 45.8 Å². The summed E-state index contributed by atoms with van der Waals surface area (Å²) in [6.07, 6.45) is -4.53. The molecule has 3 rings (SSSR count). The predicted molar refractivity (Wildman–Crippen MR) is 106 cm³/mol. The largest absolute Gasteiger partial charge is 0.395 e. The van der Waals surface area contributed by atoms with Gasteiger partial charge in [0.1, 0.15) is 5.82 Å². The van der Waals surface area contributed by atoms with Crippen molar-refractivity contribution in [3.8, 4) is 0 Å². The highest BCUT2D eigenvalue weighted by atomic mass is 32.2. The maximum Gasteiger partial charge on any atom is 0.395 e. The summed E-state index contributed by atoms with van der Waals surface area (Å²) in [6.45, 7) is 5.17. The number of aromatic nitrogens is 1. The van der Waals surface area contributed by atoms with Crippen LogP contribution in [0, 0.1) is 6.92 Å². The summed E-state index contributed by atoms with van der Waals surface area (Å²) in [6, 6.07) is 8.86. The van der Waals surface area contributed by atoms with E-state index in [0.29, 0.717) is 32.0 Å². The van der Waals surface area contributed by atoms with E-state index in [2.05, 4.69) is 15.0 Å². The number of piperazine rings is 1. The SMILES string of the molecule is Cc1nc(N2CCNCC2)cc([C@H](C)C(F)(F)F)c1NS(=O)(=O)c1ccccc1. The van der Waals surface area contributed by atoms with E-state index in [1.54, 1.807) is 18.2 Å². The van der Waals surface area contributed by atoms with Crippen molar-refractivity contribution < 1.29 is 21.6 Å². The molecule has 1 aliphatic rings. The predicted octanol–water partition coefficient (Wildman–Crippen LogP) is 3.27. The zero-order valence-corrected chi connectivity index (χ0v) is 16.9. The van der Waals surface area contributed by atoms with Crippen LogP contribution in [0.5, 0.6) is 0 Å². The Morgan fingerprint density at radius 1 is 1.17 bits per heavy atom. The van der Waals surface area contributed by atoms with Crippen LogP contribution in [0.25, 0.3) is 0 Å². The lowest BCUT2D eigenvalue weighted by atomic mass is 9.98. The van der Waals surface area contributed by atoms with E-state index in [4.69, 9.17) is 0 Å². The maximum atomic E-state index is 13.6. The third-order valence-electron chi connectivity index (χ3n) is 4.91. The molecular weight excluding hydrogens is 405 g/mol. The number of anilines is 2. The van der Waals surface area contributed by atoms with Gasteiger partial charge < -0.3 is 10.2 Å². The summed E-state index contributed by atoms with van der Waals surface area (Å²) in [5.41, 5.74) is -0.0674.